The maximum Gasteiger partial charge on any atom is 0.305 e. The third-order valence-corrected chi connectivity index (χ3v) is 4.01. The number of benzene rings is 1. The standard InChI is InChI=1S/C16H23NO3S/c1-3-5-14(9-16(19)20)17-15(18)11-21-10-13-7-4-6-12(2)8-13/h4,6-8,14H,3,5,9-11H2,1-2H3,(H,17,18)(H,19,20). The first-order valence-corrected chi connectivity index (χ1v) is 8.31. The maximum absolute atomic E-state index is 11.8. The lowest BCUT2D eigenvalue weighted by Gasteiger charge is -2.15. The third kappa shape index (κ3) is 7.75. The molecule has 0 saturated heterocycles. The Morgan fingerprint density at radius 2 is 2.14 bits per heavy atom. The molecule has 0 aliphatic carbocycles. The molecule has 0 saturated carbocycles. The zero-order chi connectivity index (χ0) is 15.7. The van der Waals surface area contributed by atoms with Crippen LogP contribution in [-0.4, -0.2) is 28.8 Å². The van der Waals surface area contributed by atoms with Crippen molar-refractivity contribution in [3.8, 4) is 0 Å². The van der Waals surface area contributed by atoms with Crippen molar-refractivity contribution in [3.05, 3.63) is 35.4 Å². The minimum absolute atomic E-state index is 0.0118. The number of thioether (sulfide) groups is 1. The molecular weight excluding hydrogens is 286 g/mol. The second-order valence-electron chi connectivity index (χ2n) is 5.13. The topological polar surface area (TPSA) is 66.4 Å². The molecule has 0 aromatic heterocycles. The van der Waals surface area contributed by atoms with Crippen molar-refractivity contribution in [2.45, 2.75) is 44.9 Å². The van der Waals surface area contributed by atoms with Gasteiger partial charge in [0.1, 0.15) is 0 Å². The highest BCUT2D eigenvalue weighted by Crippen LogP contribution is 2.13. The van der Waals surface area contributed by atoms with E-state index in [0.717, 1.165) is 12.2 Å². The largest absolute Gasteiger partial charge is 0.481 e. The van der Waals surface area contributed by atoms with Gasteiger partial charge in [-0.3, -0.25) is 9.59 Å². The van der Waals surface area contributed by atoms with Gasteiger partial charge in [-0.25, -0.2) is 0 Å². The Labute approximate surface area is 130 Å². The van der Waals surface area contributed by atoms with Gasteiger partial charge in [-0.15, -0.1) is 11.8 Å². The summed E-state index contributed by atoms with van der Waals surface area (Å²) in [6, 6.07) is 7.94. The Morgan fingerprint density at radius 1 is 1.38 bits per heavy atom. The van der Waals surface area contributed by atoms with Crippen LogP contribution in [0.15, 0.2) is 24.3 Å². The van der Waals surface area contributed by atoms with Gasteiger partial charge in [0.25, 0.3) is 0 Å². The van der Waals surface area contributed by atoms with Gasteiger partial charge < -0.3 is 10.4 Å². The van der Waals surface area contributed by atoms with Gasteiger partial charge in [0.2, 0.25) is 5.91 Å². The molecule has 0 bridgehead atoms. The summed E-state index contributed by atoms with van der Waals surface area (Å²) >= 11 is 1.54. The van der Waals surface area contributed by atoms with Gasteiger partial charge in [-0.2, -0.15) is 0 Å². The number of carboxylic acid groups (broad SMARTS) is 1. The summed E-state index contributed by atoms with van der Waals surface area (Å²) in [4.78, 5) is 22.6. The van der Waals surface area contributed by atoms with Gasteiger partial charge >= 0.3 is 5.97 Å². The summed E-state index contributed by atoms with van der Waals surface area (Å²) in [5.41, 5.74) is 2.41. The van der Waals surface area contributed by atoms with E-state index in [0.29, 0.717) is 12.2 Å². The SMILES string of the molecule is CCCC(CC(=O)O)NC(=O)CSCc1cccc(C)c1. The molecule has 1 unspecified atom stereocenters. The van der Waals surface area contributed by atoms with Crippen LogP contribution >= 0.6 is 11.8 Å². The molecule has 1 rings (SSSR count). The van der Waals surface area contributed by atoms with Crippen molar-refractivity contribution < 1.29 is 14.7 Å². The van der Waals surface area contributed by atoms with E-state index in [1.807, 2.05) is 32.0 Å². The minimum atomic E-state index is -0.874. The predicted molar refractivity (Wildman–Crippen MR) is 86.4 cm³/mol. The lowest BCUT2D eigenvalue weighted by molar-refractivity contribution is -0.137. The van der Waals surface area contributed by atoms with Gasteiger partial charge in [0.05, 0.1) is 12.2 Å². The van der Waals surface area contributed by atoms with E-state index >= 15 is 0 Å². The lowest BCUT2D eigenvalue weighted by atomic mass is 10.1. The molecule has 116 valence electrons. The molecule has 0 radical (unpaired) electrons. The van der Waals surface area contributed by atoms with Gasteiger partial charge in [0, 0.05) is 11.8 Å². The average Bonchev–Trinajstić information content (AvgIpc) is 2.38. The molecule has 4 nitrogen and oxygen atoms in total. The van der Waals surface area contributed by atoms with Crippen LogP contribution < -0.4 is 5.32 Å². The Morgan fingerprint density at radius 3 is 2.76 bits per heavy atom. The molecule has 5 heteroatoms. The van der Waals surface area contributed by atoms with Crippen molar-refractivity contribution in [1.29, 1.82) is 0 Å². The van der Waals surface area contributed by atoms with Crippen LogP contribution in [0.4, 0.5) is 0 Å². The molecule has 1 aromatic rings. The summed E-state index contributed by atoms with van der Waals surface area (Å²) in [5, 5.41) is 11.6. The second-order valence-corrected chi connectivity index (χ2v) is 6.12. The van der Waals surface area contributed by atoms with Gasteiger partial charge in [0.15, 0.2) is 0 Å². The molecule has 1 aromatic carbocycles. The molecule has 1 amide bonds. The number of rotatable bonds is 9. The fourth-order valence-corrected chi connectivity index (χ4v) is 2.90. The molecule has 0 aliphatic rings. The first-order chi connectivity index (χ1) is 10.0. The Hall–Kier alpha value is -1.49. The van der Waals surface area contributed by atoms with Crippen molar-refractivity contribution in [2.24, 2.45) is 0 Å². The van der Waals surface area contributed by atoms with E-state index in [2.05, 4.69) is 11.4 Å². The van der Waals surface area contributed by atoms with E-state index in [4.69, 9.17) is 5.11 Å². The van der Waals surface area contributed by atoms with Crippen molar-refractivity contribution in [2.75, 3.05) is 5.75 Å². The summed E-state index contributed by atoms with van der Waals surface area (Å²) < 4.78 is 0. The van der Waals surface area contributed by atoms with Crippen LogP contribution in [0.25, 0.3) is 0 Å². The molecule has 2 N–H and O–H groups in total. The molecule has 0 aliphatic heterocycles. The second kappa shape index (κ2) is 9.45. The third-order valence-electron chi connectivity index (χ3n) is 3.01. The minimum Gasteiger partial charge on any atom is -0.481 e. The number of hydrogen-bond acceptors (Lipinski definition) is 3. The van der Waals surface area contributed by atoms with Crippen LogP contribution in [0.1, 0.15) is 37.3 Å². The summed E-state index contributed by atoms with van der Waals surface area (Å²) in [7, 11) is 0. The number of carbonyl (C=O) groups excluding carboxylic acids is 1. The predicted octanol–water partition coefficient (Wildman–Crippen LogP) is 2.99. The molecule has 0 fully saturated rings. The van der Waals surface area contributed by atoms with E-state index in [-0.39, 0.29) is 18.4 Å². The summed E-state index contributed by atoms with van der Waals surface area (Å²) in [6.45, 7) is 4.02. The summed E-state index contributed by atoms with van der Waals surface area (Å²) in [5.74, 6) is 0.175. The van der Waals surface area contributed by atoms with E-state index in [1.165, 1.54) is 11.1 Å². The van der Waals surface area contributed by atoms with Crippen LogP contribution in [-0.2, 0) is 15.3 Å². The first kappa shape index (κ1) is 17.6. The maximum atomic E-state index is 11.8. The molecule has 1 atom stereocenters. The van der Waals surface area contributed by atoms with Crippen LogP contribution in [0.2, 0.25) is 0 Å². The average molecular weight is 309 g/mol. The monoisotopic (exact) mass is 309 g/mol. The fourth-order valence-electron chi connectivity index (χ4n) is 2.12. The molecule has 0 spiro atoms. The fraction of sp³-hybridized carbons (Fsp3) is 0.500. The highest BCUT2D eigenvalue weighted by molar-refractivity contribution is 7.99. The van der Waals surface area contributed by atoms with E-state index in [1.54, 1.807) is 11.8 Å². The molecular formula is C16H23NO3S. The van der Waals surface area contributed by atoms with E-state index < -0.39 is 5.97 Å². The number of carbonyl (C=O) groups is 2. The first-order valence-electron chi connectivity index (χ1n) is 7.15. The Balaban J connectivity index is 2.33. The highest BCUT2D eigenvalue weighted by atomic mass is 32.2. The Bertz CT molecular complexity index is 476. The number of nitrogens with one attached hydrogen (secondary N) is 1. The van der Waals surface area contributed by atoms with Crippen molar-refractivity contribution in [1.82, 2.24) is 5.32 Å². The molecule has 0 heterocycles. The summed E-state index contributed by atoms with van der Waals surface area (Å²) in [6.07, 6.45) is 1.54. The van der Waals surface area contributed by atoms with Crippen LogP contribution in [0.3, 0.4) is 0 Å². The number of aliphatic carboxylic acids is 1. The highest BCUT2D eigenvalue weighted by Gasteiger charge is 2.14. The van der Waals surface area contributed by atoms with E-state index in [9.17, 15) is 9.59 Å². The number of amides is 1. The number of hydrogen-bond donors (Lipinski definition) is 2. The smallest absolute Gasteiger partial charge is 0.305 e. The lowest BCUT2D eigenvalue weighted by Crippen LogP contribution is -2.37. The van der Waals surface area contributed by atoms with Crippen molar-refractivity contribution >= 4 is 23.6 Å². The van der Waals surface area contributed by atoms with Crippen LogP contribution in [0, 0.1) is 6.92 Å². The zero-order valence-electron chi connectivity index (χ0n) is 12.6. The number of carboxylic acids is 1. The Kier molecular flexibility index (Phi) is 7.90. The quantitative estimate of drug-likeness (QED) is 0.736. The van der Waals surface area contributed by atoms with Crippen molar-refractivity contribution in [3.63, 3.8) is 0 Å². The van der Waals surface area contributed by atoms with Gasteiger partial charge in [-0.05, 0) is 18.9 Å². The number of aryl methyl sites for hydroxylation is 1. The van der Waals surface area contributed by atoms with Gasteiger partial charge in [-0.1, -0.05) is 43.2 Å². The molecule has 21 heavy (non-hydrogen) atoms. The zero-order valence-corrected chi connectivity index (χ0v) is 13.4. The normalized spacial score (nSPS) is 11.9. The van der Waals surface area contributed by atoms with Crippen LogP contribution in [0.5, 0.6) is 0 Å².